The molecule has 2 saturated heterocycles. The standard InChI is InChI=1S/C19H21N3O3/c23-18(14-11-13-3-1-2-4-16(13)20-12-14)21-17-5-8-22(19(17)24)15-6-9-25-10-7-15/h1-4,11-12,15,17H,5-10H2,(H,21,23). The molecule has 2 fully saturated rings. The summed E-state index contributed by atoms with van der Waals surface area (Å²) in [7, 11) is 0. The Kier molecular flexibility index (Phi) is 4.36. The van der Waals surface area contributed by atoms with Crippen molar-refractivity contribution < 1.29 is 14.3 Å². The molecule has 1 N–H and O–H groups in total. The van der Waals surface area contributed by atoms with Gasteiger partial charge in [-0.15, -0.1) is 0 Å². The lowest BCUT2D eigenvalue weighted by molar-refractivity contribution is -0.132. The third kappa shape index (κ3) is 3.22. The average Bonchev–Trinajstić information content (AvgIpc) is 3.02. The Morgan fingerprint density at radius 3 is 2.84 bits per heavy atom. The van der Waals surface area contributed by atoms with E-state index in [0.717, 1.165) is 23.7 Å². The zero-order valence-corrected chi connectivity index (χ0v) is 14.0. The van der Waals surface area contributed by atoms with Crippen molar-refractivity contribution >= 4 is 22.7 Å². The van der Waals surface area contributed by atoms with E-state index in [9.17, 15) is 9.59 Å². The van der Waals surface area contributed by atoms with E-state index < -0.39 is 6.04 Å². The van der Waals surface area contributed by atoms with Gasteiger partial charge in [-0.1, -0.05) is 18.2 Å². The number of nitrogens with zero attached hydrogens (tertiary/aromatic N) is 2. The number of likely N-dealkylation sites (tertiary alicyclic amines) is 1. The van der Waals surface area contributed by atoms with Crippen molar-refractivity contribution in [3.63, 3.8) is 0 Å². The molecule has 0 saturated carbocycles. The fourth-order valence-corrected chi connectivity index (χ4v) is 3.63. The van der Waals surface area contributed by atoms with Crippen LogP contribution in [0.2, 0.25) is 0 Å². The summed E-state index contributed by atoms with van der Waals surface area (Å²) in [5.41, 5.74) is 1.33. The van der Waals surface area contributed by atoms with Gasteiger partial charge in [0.15, 0.2) is 0 Å². The van der Waals surface area contributed by atoms with Crippen molar-refractivity contribution in [3.8, 4) is 0 Å². The quantitative estimate of drug-likeness (QED) is 0.925. The van der Waals surface area contributed by atoms with E-state index in [2.05, 4.69) is 10.3 Å². The highest BCUT2D eigenvalue weighted by Crippen LogP contribution is 2.22. The molecule has 0 bridgehead atoms. The number of para-hydroxylation sites is 1. The van der Waals surface area contributed by atoms with Crippen LogP contribution in [0.5, 0.6) is 0 Å². The van der Waals surface area contributed by atoms with Crippen molar-refractivity contribution in [2.75, 3.05) is 19.8 Å². The predicted molar refractivity (Wildman–Crippen MR) is 93.2 cm³/mol. The Morgan fingerprint density at radius 2 is 2.00 bits per heavy atom. The first-order chi connectivity index (χ1) is 12.2. The summed E-state index contributed by atoms with van der Waals surface area (Å²) in [5.74, 6) is -0.223. The van der Waals surface area contributed by atoms with E-state index in [-0.39, 0.29) is 17.9 Å². The lowest BCUT2D eigenvalue weighted by Gasteiger charge is -2.31. The number of pyridine rings is 1. The molecule has 6 nitrogen and oxygen atoms in total. The highest BCUT2D eigenvalue weighted by atomic mass is 16.5. The van der Waals surface area contributed by atoms with E-state index in [4.69, 9.17) is 4.74 Å². The van der Waals surface area contributed by atoms with Crippen LogP contribution in [-0.2, 0) is 9.53 Å². The van der Waals surface area contributed by atoms with Crippen LogP contribution < -0.4 is 5.32 Å². The normalized spacial score (nSPS) is 21.7. The minimum Gasteiger partial charge on any atom is -0.381 e. The van der Waals surface area contributed by atoms with Crippen LogP contribution in [-0.4, -0.2) is 53.5 Å². The molecule has 4 rings (SSSR count). The molecule has 1 atom stereocenters. The van der Waals surface area contributed by atoms with Crippen molar-refractivity contribution in [1.82, 2.24) is 15.2 Å². The van der Waals surface area contributed by atoms with Gasteiger partial charge >= 0.3 is 0 Å². The summed E-state index contributed by atoms with van der Waals surface area (Å²) in [6.07, 6.45) is 3.97. The predicted octanol–water partition coefficient (Wildman–Crippen LogP) is 1.74. The van der Waals surface area contributed by atoms with Crippen molar-refractivity contribution in [2.45, 2.75) is 31.3 Å². The van der Waals surface area contributed by atoms with Gasteiger partial charge in [-0.25, -0.2) is 0 Å². The van der Waals surface area contributed by atoms with Gasteiger partial charge in [-0.3, -0.25) is 14.6 Å². The van der Waals surface area contributed by atoms with Crippen LogP contribution in [0.4, 0.5) is 0 Å². The van der Waals surface area contributed by atoms with Crippen LogP contribution in [0.25, 0.3) is 10.9 Å². The second kappa shape index (κ2) is 6.80. The summed E-state index contributed by atoms with van der Waals surface area (Å²) in [4.78, 5) is 31.4. The molecule has 3 heterocycles. The van der Waals surface area contributed by atoms with Crippen LogP contribution >= 0.6 is 0 Å². The van der Waals surface area contributed by atoms with Gasteiger partial charge in [-0.05, 0) is 31.4 Å². The SMILES string of the molecule is O=C(NC1CCN(C2CCOCC2)C1=O)c1cnc2ccccc2c1. The third-order valence-electron chi connectivity index (χ3n) is 5.03. The first kappa shape index (κ1) is 16.0. The van der Waals surface area contributed by atoms with Crippen molar-refractivity contribution in [3.05, 3.63) is 42.1 Å². The molecule has 2 amide bonds. The molecule has 0 radical (unpaired) electrons. The molecule has 2 aromatic rings. The lowest BCUT2D eigenvalue weighted by Crippen LogP contribution is -2.46. The largest absolute Gasteiger partial charge is 0.381 e. The summed E-state index contributed by atoms with van der Waals surface area (Å²) in [6, 6.07) is 9.27. The molecule has 6 heteroatoms. The fourth-order valence-electron chi connectivity index (χ4n) is 3.63. The summed E-state index contributed by atoms with van der Waals surface area (Å²) in [6.45, 7) is 2.10. The van der Waals surface area contributed by atoms with Gasteiger partial charge in [0.25, 0.3) is 5.91 Å². The summed E-state index contributed by atoms with van der Waals surface area (Å²) >= 11 is 0. The zero-order chi connectivity index (χ0) is 17.2. The van der Waals surface area contributed by atoms with E-state index in [1.54, 1.807) is 6.20 Å². The number of rotatable bonds is 3. The number of hydrogen-bond donors (Lipinski definition) is 1. The van der Waals surface area contributed by atoms with E-state index in [1.165, 1.54) is 0 Å². The Balaban J connectivity index is 1.44. The molecule has 0 aliphatic carbocycles. The molecule has 2 aliphatic rings. The summed E-state index contributed by atoms with van der Waals surface area (Å²) < 4.78 is 5.36. The minimum atomic E-state index is -0.443. The maximum absolute atomic E-state index is 12.6. The molecular weight excluding hydrogens is 318 g/mol. The van der Waals surface area contributed by atoms with E-state index in [0.29, 0.717) is 31.7 Å². The maximum Gasteiger partial charge on any atom is 0.253 e. The lowest BCUT2D eigenvalue weighted by atomic mass is 10.1. The van der Waals surface area contributed by atoms with Crippen molar-refractivity contribution in [2.24, 2.45) is 0 Å². The van der Waals surface area contributed by atoms with Crippen LogP contribution in [0.15, 0.2) is 36.5 Å². The molecule has 1 aromatic carbocycles. The van der Waals surface area contributed by atoms with E-state index >= 15 is 0 Å². The zero-order valence-electron chi connectivity index (χ0n) is 14.0. The number of ether oxygens (including phenoxy) is 1. The number of fused-ring (bicyclic) bond motifs is 1. The number of benzene rings is 1. The molecule has 130 valence electrons. The average molecular weight is 339 g/mol. The van der Waals surface area contributed by atoms with Gasteiger partial charge in [0, 0.05) is 37.4 Å². The molecule has 1 unspecified atom stereocenters. The van der Waals surface area contributed by atoms with E-state index in [1.807, 2.05) is 35.2 Å². The molecule has 25 heavy (non-hydrogen) atoms. The van der Waals surface area contributed by atoms with Crippen LogP contribution in [0, 0.1) is 0 Å². The highest BCUT2D eigenvalue weighted by Gasteiger charge is 2.37. The Hall–Kier alpha value is -2.47. The van der Waals surface area contributed by atoms with Gasteiger partial charge < -0.3 is 15.0 Å². The van der Waals surface area contributed by atoms with Crippen molar-refractivity contribution in [1.29, 1.82) is 0 Å². The fraction of sp³-hybridized carbons (Fsp3) is 0.421. The van der Waals surface area contributed by atoms with Crippen LogP contribution in [0.3, 0.4) is 0 Å². The molecule has 2 aliphatic heterocycles. The van der Waals surface area contributed by atoms with Crippen LogP contribution in [0.1, 0.15) is 29.6 Å². The number of nitrogens with one attached hydrogen (secondary N) is 1. The summed E-state index contributed by atoms with van der Waals surface area (Å²) in [5, 5.41) is 3.79. The third-order valence-corrected chi connectivity index (χ3v) is 5.03. The second-order valence-electron chi connectivity index (χ2n) is 6.61. The topological polar surface area (TPSA) is 71.5 Å². The minimum absolute atomic E-state index is 0.0222. The smallest absolute Gasteiger partial charge is 0.253 e. The monoisotopic (exact) mass is 339 g/mol. The second-order valence-corrected chi connectivity index (χ2v) is 6.61. The molecular formula is C19H21N3O3. The first-order valence-electron chi connectivity index (χ1n) is 8.76. The number of hydrogen-bond acceptors (Lipinski definition) is 4. The number of carbonyl (C=O) groups excluding carboxylic acids is 2. The van der Waals surface area contributed by atoms with Gasteiger partial charge in [0.1, 0.15) is 6.04 Å². The molecule has 0 spiro atoms. The molecule has 1 aromatic heterocycles. The number of aromatic nitrogens is 1. The maximum atomic E-state index is 12.6. The Bertz CT molecular complexity index is 801. The van der Waals surface area contributed by atoms with Gasteiger partial charge in [0.2, 0.25) is 5.91 Å². The number of amides is 2. The highest BCUT2D eigenvalue weighted by molar-refractivity contribution is 6.00. The van der Waals surface area contributed by atoms with Gasteiger partial charge in [0.05, 0.1) is 11.1 Å². The number of carbonyl (C=O) groups is 2. The Labute approximate surface area is 146 Å². The Morgan fingerprint density at radius 1 is 1.20 bits per heavy atom. The first-order valence-corrected chi connectivity index (χ1v) is 8.76. The van der Waals surface area contributed by atoms with Gasteiger partial charge in [-0.2, -0.15) is 0 Å².